The largest absolute Gasteiger partial charge is 0.493 e. The highest BCUT2D eigenvalue weighted by Gasteiger charge is 2.14. The third-order valence-electron chi connectivity index (χ3n) is 6.92. The van der Waals surface area contributed by atoms with Gasteiger partial charge in [0.05, 0.1) is 19.7 Å². The fourth-order valence-electron chi connectivity index (χ4n) is 4.97. The number of fused-ring (bicyclic) bond motifs is 3. The second kappa shape index (κ2) is 10.3. The van der Waals surface area contributed by atoms with Crippen LogP contribution in [0.15, 0.2) is 73.1 Å². The van der Waals surface area contributed by atoms with Crippen molar-refractivity contribution in [3.63, 3.8) is 0 Å². The van der Waals surface area contributed by atoms with Gasteiger partial charge in [0.15, 0.2) is 11.5 Å². The highest BCUT2D eigenvalue weighted by atomic mass is 16.5. The van der Waals surface area contributed by atoms with Crippen LogP contribution >= 0.6 is 0 Å². The number of nitrogens with one attached hydrogen (secondary N) is 4. The lowest BCUT2D eigenvalue weighted by Crippen LogP contribution is -2.12. The van der Waals surface area contributed by atoms with E-state index in [0.29, 0.717) is 24.0 Å². The number of rotatable bonds is 10. The Hall–Kier alpha value is -4.72. The van der Waals surface area contributed by atoms with E-state index in [1.165, 1.54) is 21.9 Å². The molecular formula is C30H30N6O2. The number of anilines is 2. The summed E-state index contributed by atoms with van der Waals surface area (Å²) >= 11 is 0. The van der Waals surface area contributed by atoms with Crippen LogP contribution < -0.4 is 20.1 Å². The Morgan fingerprint density at radius 2 is 1.26 bits per heavy atom. The third kappa shape index (κ3) is 4.56. The quantitative estimate of drug-likeness (QED) is 0.184. The molecule has 38 heavy (non-hydrogen) atoms. The van der Waals surface area contributed by atoms with Crippen molar-refractivity contribution >= 4 is 44.5 Å². The maximum Gasteiger partial charge on any atom is 0.225 e. The highest BCUT2D eigenvalue weighted by molar-refractivity contribution is 5.93. The van der Waals surface area contributed by atoms with Crippen LogP contribution in [0.3, 0.4) is 0 Å². The molecule has 0 unspecified atom stereocenters. The Morgan fingerprint density at radius 3 is 1.89 bits per heavy atom. The van der Waals surface area contributed by atoms with E-state index in [1.54, 1.807) is 14.2 Å². The zero-order chi connectivity index (χ0) is 25.9. The van der Waals surface area contributed by atoms with Crippen LogP contribution in [0.1, 0.15) is 11.1 Å². The molecule has 8 nitrogen and oxygen atoms in total. The van der Waals surface area contributed by atoms with Gasteiger partial charge < -0.3 is 30.1 Å². The van der Waals surface area contributed by atoms with Crippen molar-refractivity contribution in [1.82, 2.24) is 19.9 Å². The molecule has 0 fully saturated rings. The van der Waals surface area contributed by atoms with Gasteiger partial charge in [-0.1, -0.05) is 36.4 Å². The van der Waals surface area contributed by atoms with Crippen molar-refractivity contribution in [3.8, 4) is 11.5 Å². The third-order valence-corrected chi connectivity index (χ3v) is 6.92. The van der Waals surface area contributed by atoms with E-state index in [2.05, 4.69) is 69.4 Å². The summed E-state index contributed by atoms with van der Waals surface area (Å²) in [5.74, 6) is 2.60. The fraction of sp³-hybridized carbons (Fsp3) is 0.200. The number of ether oxygens (including phenoxy) is 2. The van der Waals surface area contributed by atoms with Crippen molar-refractivity contribution in [2.45, 2.75) is 12.8 Å². The molecule has 0 aliphatic carbocycles. The summed E-state index contributed by atoms with van der Waals surface area (Å²) in [5.41, 5.74) is 5.60. The molecular weight excluding hydrogens is 476 g/mol. The van der Waals surface area contributed by atoms with Gasteiger partial charge in [-0.15, -0.1) is 0 Å². The number of aromatic amines is 2. The number of nitrogens with zero attached hydrogens (tertiary/aromatic N) is 2. The van der Waals surface area contributed by atoms with Gasteiger partial charge in [0, 0.05) is 58.7 Å². The van der Waals surface area contributed by atoms with Gasteiger partial charge in [0.2, 0.25) is 5.95 Å². The number of methoxy groups -OCH3 is 2. The molecule has 0 radical (unpaired) electrons. The van der Waals surface area contributed by atoms with E-state index in [-0.39, 0.29) is 0 Å². The van der Waals surface area contributed by atoms with E-state index in [0.717, 1.165) is 47.1 Å². The van der Waals surface area contributed by atoms with Gasteiger partial charge in [-0.25, -0.2) is 4.98 Å². The van der Waals surface area contributed by atoms with Crippen molar-refractivity contribution in [3.05, 3.63) is 84.2 Å². The summed E-state index contributed by atoms with van der Waals surface area (Å²) in [5, 5.41) is 10.3. The molecule has 0 spiro atoms. The van der Waals surface area contributed by atoms with Crippen molar-refractivity contribution in [2.75, 3.05) is 37.9 Å². The first-order chi connectivity index (χ1) is 18.7. The van der Waals surface area contributed by atoms with Crippen LogP contribution in [-0.4, -0.2) is 47.2 Å². The number of aromatic nitrogens is 4. The van der Waals surface area contributed by atoms with Gasteiger partial charge in [-0.3, -0.25) is 0 Å². The fourth-order valence-corrected chi connectivity index (χ4v) is 4.97. The topological polar surface area (TPSA) is 99.9 Å². The average Bonchev–Trinajstić information content (AvgIpc) is 3.56. The zero-order valence-corrected chi connectivity index (χ0v) is 21.5. The van der Waals surface area contributed by atoms with Crippen molar-refractivity contribution < 1.29 is 9.47 Å². The van der Waals surface area contributed by atoms with E-state index >= 15 is 0 Å². The normalized spacial score (nSPS) is 11.3. The minimum absolute atomic E-state index is 0.569. The summed E-state index contributed by atoms with van der Waals surface area (Å²) in [6, 6.07) is 20.5. The van der Waals surface area contributed by atoms with Crippen LogP contribution in [0.2, 0.25) is 0 Å². The van der Waals surface area contributed by atoms with Gasteiger partial charge in [-0.05, 0) is 42.2 Å². The molecule has 3 aromatic heterocycles. The van der Waals surface area contributed by atoms with Crippen molar-refractivity contribution in [1.29, 1.82) is 0 Å². The highest BCUT2D eigenvalue weighted by Crippen LogP contribution is 2.34. The SMILES string of the molecule is COc1cc2nc(NCCc3c[nH]c4ccccc34)nc(NCCc3c[nH]c4ccccc34)c2cc1OC. The molecule has 0 atom stereocenters. The van der Waals surface area contributed by atoms with Crippen LogP contribution in [0, 0.1) is 0 Å². The monoisotopic (exact) mass is 506 g/mol. The van der Waals surface area contributed by atoms with Crippen LogP contribution in [0.4, 0.5) is 11.8 Å². The molecule has 8 heteroatoms. The number of hydrogen-bond acceptors (Lipinski definition) is 6. The molecule has 0 bridgehead atoms. The van der Waals surface area contributed by atoms with E-state index in [9.17, 15) is 0 Å². The Morgan fingerprint density at radius 1 is 0.684 bits per heavy atom. The lowest BCUT2D eigenvalue weighted by Gasteiger charge is -2.14. The number of hydrogen-bond donors (Lipinski definition) is 4. The van der Waals surface area contributed by atoms with E-state index < -0.39 is 0 Å². The zero-order valence-electron chi connectivity index (χ0n) is 21.5. The maximum absolute atomic E-state index is 5.55. The van der Waals surface area contributed by atoms with Crippen LogP contribution in [-0.2, 0) is 12.8 Å². The molecule has 6 rings (SSSR count). The number of H-pyrrole nitrogens is 2. The molecule has 4 N–H and O–H groups in total. The molecule has 6 aromatic rings. The molecule has 192 valence electrons. The first-order valence-corrected chi connectivity index (χ1v) is 12.7. The van der Waals surface area contributed by atoms with Gasteiger partial charge in [-0.2, -0.15) is 4.98 Å². The first-order valence-electron chi connectivity index (χ1n) is 12.7. The second-order valence-electron chi connectivity index (χ2n) is 9.19. The summed E-state index contributed by atoms with van der Waals surface area (Å²) in [4.78, 5) is 16.3. The Labute approximate surface area is 220 Å². The summed E-state index contributed by atoms with van der Waals surface area (Å²) in [7, 11) is 3.26. The summed E-state index contributed by atoms with van der Waals surface area (Å²) < 4.78 is 11.1. The summed E-state index contributed by atoms with van der Waals surface area (Å²) in [6.45, 7) is 1.42. The number of benzene rings is 3. The smallest absolute Gasteiger partial charge is 0.225 e. The Bertz CT molecular complexity index is 1720. The van der Waals surface area contributed by atoms with Crippen LogP contribution in [0.25, 0.3) is 32.7 Å². The molecule has 0 amide bonds. The molecule has 3 heterocycles. The predicted molar refractivity (Wildman–Crippen MR) is 154 cm³/mol. The molecule has 0 saturated heterocycles. The lowest BCUT2D eigenvalue weighted by atomic mass is 10.1. The molecule has 0 saturated carbocycles. The first kappa shape index (κ1) is 23.7. The van der Waals surface area contributed by atoms with E-state index in [1.807, 2.05) is 24.3 Å². The van der Waals surface area contributed by atoms with Crippen LogP contribution in [0.5, 0.6) is 11.5 Å². The Balaban J connectivity index is 1.24. The molecule has 3 aromatic carbocycles. The molecule has 0 aliphatic heterocycles. The van der Waals surface area contributed by atoms with Gasteiger partial charge >= 0.3 is 0 Å². The van der Waals surface area contributed by atoms with Gasteiger partial charge in [0.1, 0.15) is 5.82 Å². The van der Waals surface area contributed by atoms with Crippen molar-refractivity contribution in [2.24, 2.45) is 0 Å². The molecule has 0 aliphatic rings. The minimum atomic E-state index is 0.569. The second-order valence-corrected chi connectivity index (χ2v) is 9.19. The maximum atomic E-state index is 5.55. The summed E-state index contributed by atoms with van der Waals surface area (Å²) in [6.07, 6.45) is 5.85. The lowest BCUT2D eigenvalue weighted by molar-refractivity contribution is 0.356. The minimum Gasteiger partial charge on any atom is -0.493 e. The predicted octanol–water partition coefficient (Wildman–Crippen LogP) is 5.92. The van der Waals surface area contributed by atoms with Gasteiger partial charge in [0.25, 0.3) is 0 Å². The standard InChI is InChI=1S/C30H30N6O2/c1-37-27-15-23-26(16-28(27)38-2)35-30(32-14-12-20-18-34-25-10-6-4-8-22(20)25)36-29(23)31-13-11-19-17-33-24-9-5-3-7-21(19)24/h3-10,15-18,33-34H,11-14H2,1-2H3,(H2,31,32,35,36). The average molecular weight is 507 g/mol. The van der Waals surface area contributed by atoms with E-state index in [4.69, 9.17) is 19.4 Å². The Kier molecular flexibility index (Phi) is 6.44. The number of para-hydroxylation sites is 2.